The normalized spacial score (nSPS) is 14.2. The van der Waals surface area contributed by atoms with Crippen LogP contribution in [-0.4, -0.2) is 12.3 Å². The lowest BCUT2D eigenvalue weighted by atomic mass is 9.86. The second-order valence-electron chi connectivity index (χ2n) is 6.53. The molecule has 0 heterocycles. The van der Waals surface area contributed by atoms with Gasteiger partial charge in [0.1, 0.15) is 5.78 Å². The van der Waals surface area contributed by atoms with Crippen molar-refractivity contribution in [1.29, 1.82) is 0 Å². The summed E-state index contributed by atoms with van der Waals surface area (Å²) in [6.45, 7) is 11.5. The molecule has 0 saturated carbocycles. The number of rotatable bonds is 7. The minimum absolute atomic E-state index is 0.256. The average molecular weight is 227 g/mol. The molecule has 0 amide bonds. The fourth-order valence-electron chi connectivity index (χ4n) is 1.87. The molecule has 1 atom stereocenters. The number of carbonyl (C=O) groups excluding carboxylic acids is 1. The van der Waals surface area contributed by atoms with Crippen molar-refractivity contribution >= 4 is 5.78 Å². The van der Waals surface area contributed by atoms with E-state index in [1.807, 2.05) is 0 Å². The molecule has 0 saturated heterocycles. The van der Waals surface area contributed by atoms with Crippen LogP contribution in [0.15, 0.2) is 0 Å². The molecule has 0 rings (SSSR count). The molecule has 0 aliphatic heterocycles. The highest BCUT2D eigenvalue weighted by atomic mass is 16.1. The van der Waals surface area contributed by atoms with Gasteiger partial charge in [-0.05, 0) is 36.6 Å². The Labute approximate surface area is 101 Å². The van der Waals surface area contributed by atoms with Crippen molar-refractivity contribution in [3.05, 3.63) is 0 Å². The summed E-state index contributed by atoms with van der Waals surface area (Å²) in [7, 11) is 0. The Morgan fingerprint density at radius 1 is 1.25 bits per heavy atom. The number of ketones is 1. The van der Waals surface area contributed by atoms with E-state index >= 15 is 0 Å². The standard InChI is InChI=1S/C14H29NO/c1-11(2)8-12(10-15)9-13(16)6-7-14(3,4)5/h11-12H,6-10,15H2,1-5H3. The predicted octanol–water partition coefficient (Wildman–Crippen LogP) is 3.39. The van der Waals surface area contributed by atoms with E-state index in [2.05, 4.69) is 34.6 Å². The van der Waals surface area contributed by atoms with Crippen molar-refractivity contribution in [2.24, 2.45) is 23.0 Å². The van der Waals surface area contributed by atoms with E-state index in [1.54, 1.807) is 0 Å². The van der Waals surface area contributed by atoms with Crippen molar-refractivity contribution in [1.82, 2.24) is 0 Å². The Kier molecular flexibility index (Phi) is 6.89. The molecule has 0 aliphatic rings. The average Bonchev–Trinajstić information content (AvgIpc) is 2.12. The van der Waals surface area contributed by atoms with E-state index < -0.39 is 0 Å². The molecule has 0 fully saturated rings. The number of Topliss-reactive ketones (excluding diaryl/α,β-unsaturated/α-hetero) is 1. The first-order valence-corrected chi connectivity index (χ1v) is 6.46. The molecule has 0 spiro atoms. The highest BCUT2D eigenvalue weighted by Crippen LogP contribution is 2.22. The van der Waals surface area contributed by atoms with E-state index in [9.17, 15) is 4.79 Å². The van der Waals surface area contributed by atoms with Crippen molar-refractivity contribution in [3.63, 3.8) is 0 Å². The largest absolute Gasteiger partial charge is 0.330 e. The predicted molar refractivity (Wildman–Crippen MR) is 70.3 cm³/mol. The molecule has 0 bridgehead atoms. The number of carbonyl (C=O) groups is 1. The number of nitrogens with two attached hydrogens (primary N) is 1. The Morgan fingerprint density at radius 2 is 1.81 bits per heavy atom. The molecule has 96 valence electrons. The second-order valence-corrected chi connectivity index (χ2v) is 6.53. The van der Waals surface area contributed by atoms with Gasteiger partial charge < -0.3 is 5.73 Å². The van der Waals surface area contributed by atoms with Crippen LogP contribution in [0.4, 0.5) is 0 Å². The highest BCUT2D eigenvalue weighted by molar-refractivity contribution is 5.78. The zero-order chi connectivity index (χ0) is 12.8. The quantitative estimate of drug-likeness (QED) is 0.724. The van der Waals surface area contributed by atoms with Gasteiger partial charge in [-0.25, -0.2) is 0 Å². The molecule has 16 heavy (non-hydrogen) atoms. The summed E-state index contributed by atoms with van der Waals surface area (Å²) in [5, 5.41) is 0. The highest BCUT2D eigenvalue weighted by Gasteiger charge is 2.17. The molecular formula is C14H29NO. The zero-order valence-electron chi connectivity index (χ0n) is 11.7. The molecule has 0 radical (unpaired) electrons. The summed E-state index contributed by atoms with van der Waals surface area (Å²) in [5.41, 5.74) is 5.95. The monoisotopic (exact) mass is 227 g/mol. The minimum atomic E-state index is 0.256. The van der Waals surface area contributed by atoms with Gasteiger partial charge in [-0.2, -0.15) is 0 Å². The summed E-state index contributed by atoms with van der Waals surface area (Å²) < 4.78 is 0. The lowest BCUT2D eigenvalue weighted by molar-refractivity contribution is -0.120. The SMILES string of the molecule is CC(C)CC(CN)CC(=O)CCC(C)(C)C. The maximum atomic E-state index is 11.8. The number of hydrogen-bond donors (Lipinski definition) is 1. The van der Waals surface area contributed by atoms with Crippen LogP contribution in [0.5, 0.6) is 0 Å². The van der Waals surface area contributed by atoms with Crippen LogP contribution in [0.3, 0.4) is 0 Å². The van der Waals surface area contributed by atoms with Crippen LogP contribution in [0.25, 0.3) is 0 Å². The van der Waals surface area contributed by atoms with Gasteiger partial charge >= 0.3 is 0 Å². The third kappa shape index (κ3) is 8.90. The van der Waals surface area contributed by atoms with Gasteiger partial charge in [0.25, 0.3) is 0 Å². The fraction of sp³-hybridized carbons (Fsp3) is 0.929. The third-order valence-corrected chi connectivity index (χ3v) is 2.81. The Hall–Kier alpha value is -0.370. The molecule has 0 aromatic rings. The van der Waals surface area contributed by atoms with Gasteiger partial charge in [0.15, 0.2) is 0 Å². The Balaban J connectivity index is 3.92. The first-order chi connectivity index (χ1) is 7.24. The van der Waals surface area contributed by atoms with Crippen LogP contribution in [0.1, 0.15) is 60.3 Å². The van der Waals surface area contributed by atoms with Crippen molar-refractivity contribution in [3.8, 4) is 0 Å². The van der Waals surface area contributed by atoms with Gasteiger partial charge in [-0.1, -0.05) is 34.6 Å². The van der Waals surface area contributed by atoms with E-state index in [4.69, 9.17) is 5.73 Å². The lowest BCUT2D eigenvalue weighted by Crippen LogP contribution is -2.20. The minimum Gasteiger partial charge on any atom is -0.330 e. The molecule has 2 heteroatoms. The van der Waals surface area contributed by atoms with Gasteiger partial charge in [-0.15, -0.1) is 0 Å². The van der Waals surface area contributed by atoms with Crippen molar-refractivity contribution < 1.29 is 4.79 Å². The van der Waals surface area contributed by atoms with E-state index in [-0.39, 0.29) is 5.41 Å². The lowest BCUT2D eigenvalue weighted by Gasteiger charge is -2.19. The fourth-order valence-corrected chi connectivity index (χ4v) is 1.87. The topological polar surface area (TPSA) is 43.1 Å². The second kappa shape index (κ2) is 7.05. The molecule has 0 aromatic heterocycles. The third-order valence-electron chi connectivity index (χ3n) is 2.81. The van der Waals surface area contributed by atoms with Gasteiger partial charge in [-0.3, -0.25) is 4.79 Å². The number of hydrogen-bond acceptors (Lipinski definition) is 2. The summed E-state index contributed by atoms with van der Waals surface area (Å²) in [4.78, 5) is 11.8. The zero-order valence-corrected chi connectivity index (χ0v) is 11.7. The van der Waals surface area contributed by atoms with Crippen LogP contribution in [-0.2, 0) is 4.79 Å². The maximum absolute atomic E-state index is 11.8. The Bertz CT molecular complexity index is 203. The first kappa shape index (κ1) is 15.6. The summed E-state index contributed by atoms with van der Waals surface area (Å²) >= 11 is 0. The summed E-state index contributed by atoms with van der Waals surface area (Å²) in [6.07, 6.45) is 3.42. The first-order valence-electron chi connectivity index (χ1n) is 6.46. The van der Waals surface area contributed by atoms with Gasteiger partial charge in [0.2, 0.25) is 0 Å². The molecule has 2 nitrogen and oxygen atoms in total. The van der Waals surface area contributed by atoms with E-state index in [0.717, 1.165) is 12.8 Å². The van der Waals surface area contributed by atoms with E-state index in [1.165, 1.54) is 0 Å². The smallest absolute Gasteiger partial charge is 0.133 e. The van der Waals surface area contributed by atoms with Crippen LogP contribution in [0, 0.1) is 17.3 Å². The maximum Gasteiger partial charge on any atom is 0.133 e. The molecule has 0 aromatic carbocycles. The summed E-state index contributed by atoms with van der Waals surface area (Å²) in [6, 6.07) is 0. The Morgan fingerprint density at radius 3 is 2.19 bits per heavy atom. The molecule has 2 N–H and O–H groups in total. The van der Waals surface area contributed by atoms with Crippen molar-refractivity contribution in [2.45, 2.75) is 60.3 Å². The van der Waals surface area contributed by atoms with Gasteiger partial charge in [0.05, 0.1) is 0 Å². The van der Waals surface area contributed by atoms with Crippen LogP contribution >= 0.6 is 0 Å². The summed E-state index contributed by atoms with van der Waals surface area (Å²) in [5.74, 6) is 1.39. The van der Waals surface area contributed by atoms with Crippen LogP contribution < -0.4 is 5.73 Å². The van der Waals surface area contributed by atoms with E-state index in [0.29, 0.717) is 37.0 Å². The molecule has 0 aliphatic carbocycles. The molecular weight excluding hydrogens is 198 g/mol. The van der Waals surface area contributed by atoms with Gasteiger partial charge in [0, 0.05) is 12.8 Å². The van der Waals surface area contributed by atoms with Crippen molar-refractivity contribution in [2.75, 3.05) is 6.54 Å². The molecule has 1 unspecified atom stereocenters. The van der Waals surface area contributed by atoms with Crippen LogP contribution in [0.2, 0.25) is 0 Å².